The van der Waals surface area contributed by atoms with Gasteiger partial charge in [-0.1, -0.05) is 12.1 Å². The van der Waals surface area contributed by atoms with Gasteiger partial charge in [-0.05, 0) is 24.3 Å². The number of anilines is 2. The Morgan fingerprint density at radius 3 is 2.61 bits per heavy atom. The third-order valence-corrected chi connectivity index (χ3v) is 4.87. The fourth-order valence-corrected chi connectivity index (χ4v) is 3.45. The minimum absolute atomic E-state index is 0.103. The van der Waals surface area contributed by atoms with Gasteiger partial charge in [-0.15, -0.1) is 11.8 Å². The number of nitro groups is 1. The molecule has 0 saturated carbocycles. The minimum Gasteiger partial charge on any atom is -0.454 e. The van der Waals surface area contributed by atoms with Crippen LogP contribution in [0.5, 0.6) is 0 Å². The molecule has 0 aromatic heterocycles. The van der Waals surface area contributed by atoms with Crippen molar-refractivity contribution in [1.29, 1.82) is 0 Å². The highest BCUT2D eigenvalue weighted by Gasteiger charge is 2.26. The van der Waals surface area contributed by atoms with E-state index in [1.54, 1.807) is 12.1 Å². The summed E-state index contributed by atoms with van der Waals surface area (Å²) in [6, 6.07) is 12.5. The average molecular weight is 401 g/mol. The van der Waals surface area contributed by atoms with Gasteiger partial charge in [0, 0.05) is 22.7 Å². The zero-order valence-corrected chi connectivity index (χ0v) is 15.3. The molecule has 1 aliphatic rings. The molecular formula is C18H15N3O6S. The number of hydrogen-bond acceptors (Lipinski definition) is 7. The fourth-order valence-electron chi connectivity index (χ4n) is 2.51. The molecule has 0 spiro atoms. The smallest absolute Gasteiger partial charge is 0.326 e. The van der Waals surface area contributed by atoms with Crippen molar-refractivity contribution in [2.45, 2.75) is 4.90 Å². The number of rotatable bonds is 6. The first-order valence-electron chi connectivity index (χ1n) is 8.16. The van der Waals surface area contributed by atoms with Crippen molar-refractivity contribution in [3.63, 3.8) is 0 Å². The number of fused-ring (bicyclic) bond motifs is 1. The van der Waals surface area contributed by atoms with Crippen LogP contribution in [0, 0.1) is 10.1 Å². The Morgan fingerprint density at radius 1 is 1.18 bits per heavy atom. The molecule has 144 valence electrons. The lowest BCUT2D eigenvalue weighted by molar-refractivity contribution is -0.384. The number of carbonyl (C=O) groups is 3. The quantitative estimate of drug-likeness (QED) is 0.448. The molecule has 1 aliphatic heterocycles. The molecule has 3 rings (SSSR count). The van der Waals surface area contributed by atoms with Gasteiger partial charge in [0.05, 0.1) is 16.4 Å². The molecule has 10 heteroatoms. The molecule has 1 heterocycles. The molecule has 2 aromatic rings. The van der Waals surface area contributed by atoms with Crippen molar-refractivity contribution in [3.05, 3.63) is 58.6 Å². The van der Waals surface area contributed by atoms with E-state index in [0.29, 0.717) is 11.4 Å². The molecule has 0 radical (unpaired) electrons. The third kappa shape index (κ3) is 4.65. The van der Waals surface area contributed by atoms with E-state index in [9.17, 15) is 24.5 Å². The number of benzene rings is 2. The van der Waals surface area contributed by atoms with Crippen LogP contribution in [0.4, 0.5) is 17.1 Å². The molecule has 0 saturated heterocycles. The summed E-state index contributed by atoms with van der Waals surface area (Å²) in [6.07, 6.45) is 0. The maximum atomic E-state index is 12.1. The SMILES string of the molecule is O=C(COC(=O)CN1C(=O)CSc2ccccc21)Nc1ccc([N+](=O)[O-])cc1. The van der Waals surface area contributed by atoms with Gasteiger partial charge in [-0.3, -0.25) is 29.4 Å². The fraction of sp³-hybridized carbons (Fsp3) is 0.167. The molecule has 2 amide bonds. The zero-order chi connectivity index (χ0) is 20.1. The van der Waals surface area contributed by atoms with Crippen LogP contribution in [0.15, 0.2) is 53.4 Å². The van der Waals surface area contributed by atoms with E-state index < -0.39 is 23.4 Å². The summed E-state index contributed by atoms with van der Waals surface area (Å²) in [5, 5.41) is 13.1. The van der Waals surface area contributed by atoms with Crippen molar-refractivity contribution < 1.29 is 24.0 Å². The van der Waals surface area contributed by atoms with Gasteiger partial charge in [-0.25, -0.2) is 0 Å². The number of amides is 2. The number of esters is 1. The Labute approximate surface area is 163 Å². The van der Waals surface area contributed by atoms with Crippen molar-refractivity contribution >= 4 is 46.6 Å². The van der Waals surface area contributed by atoms with Gasteiger partial charge in [-0.2, -0.15) is 0 Å². The Balaban J connectivity index is 1.52. The largest absolute Gasteiger partial charge is 0.454 e. The first-order chi connectivity index (χ1) is 13.4. The maximum Gasteiger partial charge on any atom is 0.326 e. The van der Waals surface area contributed by atoms with Gasteiger partial charge < -0.3 is 10.1 Å². The van der Waals surface area contributed by atoms with E-state index in [1.807, 2.05) is 12.1 Å². The molecule has 0 fully saturated rings. The number of nitro benzene ring substituents is 1. The first kappa shape index (κ1) is 19.4. The molecule has 0 bridgehead atoms. The van der Waals surface area contributed by atoms with Crippen LogP contribution < -0.4 is 10.2 Å². The molecule has 28 heavy (non-hydrogen) atoms. The van der Waals surface area contributed by atoms with Crippen LogP contribution in [-0.2, 0) is 19.1 Å². The van der Waals surface area contributed by atoms with Crippen LogP contribution in [-0.4, -0.2) is 41.6 Å². The highest BCUT2D eigenvalue weighted by atomic mass is 32.2. The zero-order valence-electron chi connectivity index (χ0n) is 14.5. The Bertz CT molecular complexity index is 931. The minimum atomic E-state index is -0.714. The van der Waals surface area contributed by atoms with Crippen molar-refractivity contribution in [2.75, 3.05) is 29.1 Å². The first-order valence-corrected chi connectivity index (χ1v) is 9.15. The van der Waals surface area contributed by atoms with E-state index in [2.05, 4.69) is 5.32 Å². The molecule has 0 aliphatic carbocycles. The number of thioether (sulfide) groups is 1. The predicted octanol–water partition coefficient (Wildman–Crippen LogP) is 2.22. The van der Waals surface area contributed by atoms with Crippen molar-refractivity contribution in [1.82, 2.24) is 0 Å². The van der Waals surface area contributed by atoms with Gasteiger partial charge in [0.15, 0.2) is 6.61 Å². The van der Waals surface area contributed by atoms with Crippen LogP contribution in [0.3, 0.4) is 0 Å². The lowest BCUT2D eigenvalue weighted by atomic mass is 10.2. The van der Waals surface area contributed by atoms with E-state index in [-0.39, 0.29) is 23.9 Å². The molecule has 0 unspecified atom stereocenters. The van der Waals surface area contributed by atoms with Crippen LogP contribution in [0.2, 0.25) is 0 Å². The van der Waals surface area contributed by atoms with Gasteiger partial charge in [0.1, 0.15) is 6.54 Å². The Kier molecular flexibility index (Phi) is 5.90. The Hall–Kier alpha value is -3.40. The summed E-state index contributed by atoms with van der Waals surface area (Å²) < 4.78 is 4.94. The van der Waals surface area contributed by atoms with E-state index in [4.69, 9.17) is 4.74 Å². The van der Waals surface area contributed by atoms with Gasteiger partial charge in [0.2, 0.25) is 5.91 Å². The van der Waals surface area contributed by atoms with Gasteiger partial charge >= 0.3 is 5.97 Å². The van der Waals surface area contributed by atoms with Crippen LogP contribution in [0.1, 0.15) is 0 Å². The number of carbonyl (C=O) groups excluding carboxylic acids is 3. The maximum absolute atomic E-state index is 12.1. The second kappa shape index (κ2) is 8.53. The molecule has 0 atom stereocenters. The topological polar surface area (TPSA) is 119 Å². The second-order valence-electron chi connectivity index (χ2n) is 5.75. The molecule has 1 N–H and O–H groups in total. The summed E-state index contributed by atoms with van der Waals surface area (Å²) in [7, 11) is 0. The molecule has 2 aromatic carbocycles. The van der Waals surface area contributed by atoms with E-state index in [0.717, 1.165) is 4.90 Å². The van der Waals surface area contributed by atoms with E-state index >= 15 is 0 Å². The second-order valence-corrected chi connectivity index (χ2v) is 6.77. The van der Waals surface area contributed by atoms with Crippen molar-refractivity contribution in [3.8, 4) is 0 Å². The summed E-state index contributed by atoms with van der Waals surface area (Å²) in [5.41, 5.74) is 0.869. The van der Waals surface area contributed by atoms with Gasteiger partial charge in [0.25, 0.3) is 11.6 Å². The summed E-state index contributed by atoms with van der Waals surface area (Å²) in [6.45, 7) is -0.824. The Morgan fingerprint density at radius 2 is 1.89 bits per heavy atom. The standard InChI is InChI=1S/C18H15N3O6S/c22-16(19-12-5-7-13(8-6-12)21(25)26)10-27-18(24)9-20-14-3-1-2-4-15(14)28-11-17(20)23/h1-8H,9-11H2,(H,19,22). The number of nitrogens with one attached hydrogen (secondary N) is 1. The van der Waals surface area contributed by atoms with Crippen LogP contribution in [0.25, 0.3) is 0 Å². The summed E-state index contributed by atoms with van der Waals surface area (Å²) in [5.74, 6) is -1.29. The third-order valence-electron chi connectivity index (χ3n) is 3.82. The monoisotopic (exact) mass is 401 g/mol. The average Bonchev–Trinajstić information content (AvgIpc) is 2.69. The van der Waals surface area contributed by atoms with Crippen molar-refractivity contribution in [2.24, 2.45) is 0 Å². The predicted molar refractivity (Wildman–Crippen MR) is 102 cm³/mol. The number of hydrogen-bond donors (Lipinski definition) is 1. The number of non-ortho nitro benzene ring substituents is 1. The molecule has 9 nitrogen and oxygen atoms in total. The number of nitrogens with zero attached hydrogens (tertiary/aromatic N) is 2. The summed E-state index contributed by atoms with van der Waals surface area (Å²) >= 11 is 1.40. The number of ether oxygens (including phenoxy) is 1. The highest BCUT2D eigenvalue weighted by molar-refractivity contribution is 8.00. The van der Waals surface area contributed by atoms with E-state index in [1.165, 1.54) is 40.9 Å². The summed E-state index contributed by atoms with van der Waals surface area (Å²) in [4.78, 5) is 48.4. The normalized spacial score (nSPS) is 12.9. The van der Waals surface area contributed by atoms with Crippen LogP contribution >= 0.6 is 11.8 Å². The lowest BCUT2D eigenvalue weighted by Crippen LogP contribution is -2.40. The molecular weight excluding hydrogens is 386 g/mol. The number of para-hydroxylation sites is 1. The lowest BCUT2D eigenvalue weighted by Gasteiger charge is -2.27. The highest BCUT2D eigenvalue weighted by Crippen LogP contribution is 2.34.